The Labute approximate surface area is 155 Å². The summed E-state index contributed by atoms with van der Waals surface area (Å²) in [7, 11) is 1.35. The molecule has 1 saturated heterocycles. The number of nitrogens with zero attached hydrogens (tertiary/aromatic N) is 3. The molecule has 1 unspecified atom stereocenters. The molecule has 1 amide bonds. The highest BCUT2D eigenvalue weighted by Crippen LogP contribution is 2.22. The minimum atomic E-state index is -0.576. The molecular weight excluding hydrogens is 332 g/mol. The average Bonchev–Trinajstić information content (AvgIpc) is 2.59. The van der Waals surface area contributed by atoms with Gasteiger partial charge in [0.25, 0.3) is 0 Å². The molecule has 0 aliphatic carbocycles. The summed E-state index contributed by atoms with van der Waals surface area (Å²) in [5.41, 5.74) is 1.89. The van der Waals surface area contributed by atoms with Gasteiger partial charge in [-0.15, -0.1) is 0 Å². The fourth-order valence-corrected chi connectivity index (χ4v) is 3.31. The van der Waals surface area contributed by atoms with E-state index in [2.05, 4.69) is 20.2 Å². The Balaban J connectivity index is 1.93. The lowest BCUT2D eigenvalue weighted by atomic mass is 9.95. The predicted octanol–water partition coefficient (Wildman–Crippen LogP) is 2.01. The minimum absolute atomic E-state index is 0.0676. The monoisotopic (exact) mass is 362 g/mol. The molecule has 0 aromatic carbocycles. The van der Waals surface area contributed by atoms with Crippen LogP contribution in [0.1, 0.15) is 44.5 Å². The number of aryl methyl sites for hydroxylation is 2. The number of ether oxygens (including phenoxy) is 1. The quantitative estimate of drug-likeness (QED) is 0.780. The lowest BCUT2D eigenvalue weighted by Crippen LogP contribution is -2.47. The van der Waals surface area contributed by atoms with Crippen LogP contribution in [0.25, 0.3) is 0 Å². The van der Waals surface area contributed by atoms with Crippen molar-refractivity contribution in [2.24, 2.45) is 11.8 Å². The maximum absolute atomic E-state index is 12.6. The number of carbonyl (C=O) groups is 2. The SMILES string of the molecule is COC(=O)C(CC(C)C)NC(=O)C1CCN(c2nc(C)cc(C)n2)CC1. The Hall–Kier alpha value is -2.18. The van der Waals surface area contributed by atoms with E-state index in [0.29, 0.717) is 12.3 Å². The molecule has 0 saturated carbocycles. The van der Waals surface area contributed by atoms with Crippen LogP contribution in [-0.4, -0.2) is 48.1 Å². The third-order valence-electron chi connectivity index (χ3n) is 4.63. The fraction of sp³-hybridized carbons (Fsp3) is 0.684. The number of esters is 1. The molecule has 1 aliphatic rings. The highest BCUT2D eigenvalue weighted by atomic mass is 16.5. The van der Waals surface area contributed by atoms with Gasteiger partial charge in [0.15, 0.2) is 0 Å². The number of methoxy groups -OCH3 is 1. The summed E-state index contributed by atoms with van der Waals surface area (Å²) in [6, 6.07) is 1.37. The van der Waals surface area contributed by atoms with Crippen LogP contribution in [0, 0.1) is 25.7 Å². The summed E-state index contributed by atoms with van der Waals surface area (Å²) in [6.07, 6.45) is 2.02. The van der Waals surface area contributed by atoms with Gasteiger partial charge in [-0.05, 0) is 45.1 Å². The van der Waals surface area contributed by atoms with Crippen LogP contribution in [0.2, 0.25) is 0 Å². The first-order valence-electron chi connectivity index (χ1n) is 9.25. The van der Waals surface area contributed by atoms with Crippen molar-refractivity contribution in [1.29, 1.82) is 0 Å². The van der Waals surface area contributed by atoms with Gasteiger partial charge < -0.3 is 15.0 Å². The normalized spacial score (nSPS) is 16.5. The summed E-state index contributed by atoms with van der Waals surface area (Å²) < 4.78 is 4.82. The molecule has 0 spiro atoms. The predicted molar refractivity (Wildman–Crippen MR) is 99.8 cm³/mol. The lowest BCUT2D eigenvalue weighted by molar-refractivity contribution is -0.146. The van der Waals surface area contributed by atoms with E-state index in [0.717, 1.165) is 43.3 Å². The second-order valence-corrected chi connectivity index (χ2v) is 7.43. The molecule has 0 bridgehead atoms. The summed E-state index contributed by atoms with van der Waals surface area (Å²) in [4.78, 5) is 35.6. The van der Waals surface area contributed by atoms with Gasteiger partial charge in [-0.25, -0.2) is 14.8 Å². The van der Waals surface area contributed by atoms with Gasteiger partial charge in [0.2, 0.25) is 11.9 Å². The molecule has 0 radical (unpaired) electrons. The van der Waals surface area contributed by atoms with Gasteiger partial charge in [-0.3, -0.25) is 4.79 Å². The summed E-state index contributed by atoms with van der Waals surface area (Å²) in [5, 5.41) is 2.88. The smallest absolute Gasteiger partial charge is 0.328 e. The number of piperidine rings is 1. The first-order chi connectivity index (χ1) is 12.3. The second-order valence-electron chi connectivity index (χ2n) is 7.43. The van der Waals surface area contributed by atoms with Crippen molar-refractivity contribution in [2.45, 2.75) is 53.0 Å². The zero-order valence-electron chi connectivity index (χ0n) is 16.4. The molecule has 1 N–H and O–H groups in total. The molecule has 144 valence electrons. The van der Waals surface area contributed by atoms with Crippen molar-refractivity contribution >= 4 is 17.8 Å². The molecule has 1 atom stereocenters. The van der Waals surface area contributed by atoms with Crippen LogP contribution < -0.4 is 10.2 Å². The third kappa shape index (κ3) is 5.41. The summed E-state index contributed by atoms with van der Waals surface area (Å²) >= 11 is 0. The number of nitrogens with one attached hydrogen (secondary N) is 1. The first-order valence-corrected chi connectivity index (χ1v) is 9.25. The average molecular weight is 362 g/mol. The fourth-order valence-electron chi connectivity index (χ4n) is 3.31. The molecule has 1 fully saturated rings. The topological polar surface area (TPSA) is 84.4 Å². The zero-order valence-corrected chi connectivity index (χ0v) is 16.4. The van der Waals surface area contributed by atoms with E-state index in [9.17, 15) is 9.59 Å². The standard InChI is InChI=1S/C19H30N4O3/c1-12(2)10-16(18(25)26-5)22-17(24)15-6-8-23(9-7-15)19-20-13(3)11-14(4)21-19/h11-12,15-16H,6-10H2,1-5H3,(H,22,24). The van der Waals surface area contributed by atoms with Crippen molar-refractivity contribution in [3.8, 4) is 0 Å². The Morgan fingerprint density at radius 3 is 2.31 bits per heavy atom. The number of hydrogen-bond donors (Lipinski definition) is 1. The highest BCUT2D eigenvalue weighted by Gasteiger charge is 2.30. The van der Waals surface area contributed by atoms with Crippen molar-refractivity contribution in [1.82, 2.24) is 15.3 Å². The van der Waals surface area contributed by atoms with E-state index in [-0.39, 0.29) is 17.8 Å². The van der Waals surface area contributed by atoms with Crippen LogP contribution in [0.15, 0.2) is 6.07 Å². The maximum Gasteiger partial charge on any atom is 0.328 e. The number of aromatic nitrogens is 2. The van der Waals surface area contributed by atoms with Crippen molar-refractivity contribution < 1.29 is 14.3 Å². The summed E-state index contributed by atoms with van der Waals surface area (Å²) in [5.74, 6) is 0.475. The third-order valence-corrected chi connectivity index (χ3v) is 4.63. The number of anilines is 1. The lowest BCUT2D eigenvalue weighted by Gasteiger charge is -2.32. The van der Waals surface area contributed by atoms with Gasteiger partial charge in [-0.2, -0.15) is 0 Å². The van der Waals surface area contributed by atoms with Crippen LogP contribution in [-0.2, 0) is 14.3 Å². The van der Waals surface area contributed by atoms with Crippen molar-refractivity contribution in [3.05, 3.63) is 17.5 Å². The highest BCUT2D eigenvalue weighted by molar-refractivity contribution is 5.85. The maximum atomic E-state index is 12.6. The Morgan fingerprint density at radius 2 is 1.81 bits per heavy atom. The zero-order chi connectivity index (χ0) is 19.3. The molecule has 2 heterocycles. The van der Waals surface area contributed by atoms with Crippen LogP contribution >= 0.6 is 0 Å². The van der Waals surface area contributed by atoms with Crippen LogP contribution in [0.3, 0.4) is 0 Å². The van der Waals surface area contributed by atoms with Gasteiger partial charge in [0.1, 0.15) is 6.04 Å². The van der Waals surface area contributed by atoms with E-state index < -0.39 is 6.04 Å². The number of amides is 1. The Morgan fingerprint density at radius 1 is 1.23 bits per heavy atom. The van der Waals surface area contributed by atoms with E-state index in [1.165, 1.54) is 7.11 Å². The number of carbonyl (C=O) groups excluding carboxylic acids is 2. The van der Waals surface area contributed by atoms with Crippen molar-refractivity contribution in [2.75, 3.05) is 25.1 Å². The minimum Gasteiger partial charge on any atom is -0.467 e. The summed E-state index contributed by atoms with van der Waals surface area (Å²) in [6.45, 7) is 9.41. The van der Waals surface area contributed by atoms with Gasteiger partial charge in [0, 0.05) is 30.4 Å². The number of rotatable bonds is 6. The number of hydrogen-bond acceptors (Lipinski definition) is 6. The van der Waals surface area contributed by atoms with E-state index >= 15 is 0 Å². The van der Waals surface area contributed by atoms with Gasteiger partial charge in [-0.1, -0.05) is 13.8 Å². The molecule has 1 aromatic heterocycles. The molecule has 7 nitrogen and oxygen atoms in total. The first kappa shape index (κ1) is 20.1. The molecule has 26 heavy (non-hydrogen) atoms. The molecule has 1 aromatic rings. The second kappa shape index (κ2) is 8.96. The van der Waals surface area contributed by atoms with E-state index in [4.69, 9.17) is 4.74 Å². The Bertz CT molecular complexity index is 619. The molecule has 7 heteroatoms. The molecule has 1 aliphatic heterocycles. The van der Waals surface area contributed by atoms with E-state index in [1.54, 1.807) is 0 Å². The Kier molecular flexibility index (Phi) is 6.94. The van der Waals surface area contributed by atoms with Crippen LogP contribution in [0.5, 0.6) is 0 Å². The van der Waals surface area contributed by atoms with E-state index in [1.807, 2.05) is 33.8 Å². The van der Waals surface area contributed by atoms with Crippen molar-refractivity contribution in [3.63, 3.8) is 0 Å². The molecular formula is C19H30N4O3. The van der Waals surface area contributed by atoms with Crippen LogP contribution in [0.4, 0.5) is 5.95 Å². The molecule has 2 rings (SSSR count). The largest absolute Gasteiger partial charge is 0.467 e. The van der Waals surface area contributed by atoms with Gasteiger partial charge in [0.05, 0.1) is 7.11 Å². The van der Waals surface area contributed by atoms with Gasteiger partial charge >= 0.3 is 5.97 Å².